The maximum atomic E-state index is 12.4. The lowest BCUT2D eigenvalue weighted by Gasteiger charge is -2.20. The van der Waals surface area contributed by atoms with Crippen LogP contribution in [-0.2, 0) is 16.1 Å². The second-order valence-corrected chi connectivity index (χ2v) is 5.80. The molecule has 0 spiro atoms. The molecule has 1 aliphatic rings. The number of benzene rings is 2. The smallest absolute Gasteiger partial charge is 0.329 e. The first-order chi connectivity index (χ1) is 11.5. The average Bonchev–Trinajstić information content (AvgIpc) is 2.85. The Hall–Kier alpha value is -2.95. The number of carbonyl (C=O) groups is 3. The van der Waals surface area contributed by atoms with Crippen molar-refractivity contribution in [2.45, 2.75) is 26.5 Å². The van der Waals surface area contributed by atoms with Crippen LogP contribution in [-0.4, -0.2) is 28.7 Å². The van der Waals surface area contributed by atoms with Gasteiger partial charge in [0.25, 0.3) is 11.8 Å². The van der Waals surface area contributed by atoms with Crippen molar-refractivity contribution < 1.29 is 19.1 Å². The van der Waals surface area contributed by atoms with Gasteiger partial charge in [-0.25, -0.2) is 4.79 Å². The largest absolute Gasteiger partial charge is 0.459 e. The Morgan fingerprint density at radius 3 is 2.08 bits per heavy atom. The maximum absolute atomic E-state index is 12.4. The van der Waals surface area contributed by atoms with E-state index >= 15 is 0 Å². The van der Waals surface area contributed by atoms with Crippen LogP contribution in [0.15, 0.2) is 48.5 Å². The predicted octanol–water partition coefficient (Wildman–Crippen LogP) is 2.72. The van der Waals surface area contributed by atoms with Gasteiger partial charge in [0.15, 0.2) is 0 Å². The van der Waals surface area contributed by atoms with Crippen LogP contribution >= 0.6 is 0 Å². The average molecular weight is 323 g/mol. The van der Waals surface area contributed by atoms with Crippen molar-refractivity contribution in [3.05, 3.63) is 70.8 Å². The summed E-state index contributed by atoms with van der Waals surface area (Å²) in [5.41, 5.74) is 2.61. The van der Waals surface area contributed by atoms with E-state index in [4.69, 9.17) is 4.74 Å². The third-order valence-electron chi connectivity index (χ3n) is 4.06. The zero-order valence-electron chi connectivity index (χ0n) is 13.5. The van der Waals surface area contributed by atoms with Crippen LogP contribution in [0.4, 0.5) is 0 Å². The molecule has 0 radical (unpaired) electrons. The number of aryl methyl sites for hydroxylation is 1. The van der Waals surface area contributed by atoms with E-state index in [1.807, 2.05) is 31.2 Å². The number of fused-ring (bicyclic) bond motifs is 1. The number of ether oxygens (including phenoxy) is 1. The Morgan fingerprint density at radius 1 is 1.00 bits per heavy atom. The molecule has 0 aliphatic carbocycles. The molecule has 0 N–H and O–H groups in total. The molecule has 1 atom stereocenters. The highest BCUT2D eigenvalue weighted by Crippen LogP contribution is 2.24. The van der Waals surface area contributed by atoms with Crippen molar-refractivity contribution >= 4 is 17.8 Å². The number of rotatable bonds is 4. The number of carbonyl (C=O) groups excluding carboxylic acids is 3. The molecule has 2 aromatic carbocycles. The van der Waals surface area contributed by atoms with Gasteiger partial charge in [0.1, 0.15) is 12.6 Å². The summed E-state index contributed by atoms with van der Waals surface area (Å²) in [4.78, 5) is 37.9. The number of amides is 2. The van der Waals surface area contributed by atoms with E-state index in [1.165, 1.54) is 6.92 Å². The molecular formula is C19H17NO4. The fourth-order valence-corrected chi connectivity index (χ4v) is 2.62. The Balaban J connectivity index is 1.69. The standard InChI is InChI=1S/C19H17NO4/c1-12-7-9-14(10-8-12)11-24-19(23)13(2)20-17(21)15-5-3-4-6-16(15)18(20)22/h3-10,13H,11H2,1-2H3/t13-/m1/s1. The van der Waals surface area contributed by atoms with Gasteiger partial charge in [-0.2, -0.15) is 0 Å². The SMILES string of the molecule is Cc1ccc(COC(=O)[C@@H](C)N2C(=O)c3ccccc3C2=O)cc1. The van der Waals surface area contributed by atoms with E-state index in [0.717, 1.165) is 16.0 Å². The highest BCUT2D eigenvalue weighted by atomic mass is 16.5. The Kier molecular flexibility index (Phi) is 4.16. The zero-order valence-corrected chi connectivity index (χ0v) is 13.5. The van der Waals surface area contributed by atoms with Crippen LogP contribution in [0.1, 0.15) is 38.8 Å². The Morgan fingerprint density at radius 2 is 1.54 bits per heavy atom. The minimum atomic E-state index is -0.970. The summed E-state index contributed by atoms with van der Waals surface area (Å²) in [5, 5.41) is 0. The number of nitrogens with zero attached hydrogens (tertiary/aromatic N) is 1. The minimum absolute atomic E-state index is 0.104. The normalized spacial score (nSPS) is 14.5. The molecule has 24 heavy (non-hydrogen) atoms. The molecule has 0 unspecified atom stereocenters. The molecule has 122 valence electrons. The molecule has 2 amide bonds. The number of hydrogen-bond donors (Lipinski definition) is 0. The molecule has 0 saturated heterocycles. The van der Waals surface area contributed by atoms with Gasteiger partial charge in [0.05, 0.1) is 11.1 Å². The fourth-order valence-electron chi connectivity index (χ4n) is 2.62. The molecule has 5 heteroatoms. The van der Waals surface area contributed by atoms with Crippen molar-refractivity contribution in [1.82, 2.24) is 4.90 Å². The summed E-state index contributed by atoms with van der Waals surface area (Å²) in [6.45, 7) is 3.58. The fraction of sp³-hybridized carbons (Fsp3) is 0.211. The first-order valence-corrected chi connectivity index (χ1v) is 7.68. The molecule has 2 aromatic rings. The van der Waals surface area contributed by atoms with Crippen molar-refractivity contribution in [3.63, 3.8) is 0 Å². The minimum Gasteiger partial charge on any atom is -0.459 e. The van der Waals surface area contributed by atoms with Gasteiger partial charge in [-0.15, -0.1) is 0 Å². The summed E-state index contributed by atoms with van der Waals surface area (Å²) in [5.74, 6) is -1.53. The molecular weight excluding hydrogens is 306 g/mol. The highest BCUT2D eigenvalue weighted by Gasteiger charge is 2.41. The first-order valence-electron chi connectivity index (χ1n) is 7.68. The van der Waals surface area contributed by atoms with Gasteiger partial charge < -0.3 is 4.74 Å². The molecule has 0 fully saturated rings. The van der Waals surface area contributed by atoms with Gasteiger partial charge in [-0.1, -0.05) is 42.0 Å². The summed E-state index contributed by atoms with van der Waals surface area (Å²) in [6, 6.07) is 13.2. The second kappa shape index (κ2) is 6.28. The van der Waals surface area contributed by atoms with Crippen LogP contribution in [0.5, 0.6) is 0 Å². The predicted molar refractivity (Wildman–Crippen MR) is 87.4 cm³/mol. The monoisotopic (exact) mass is 323 g/mol. The van der Waals surface area contributed by atoms with E-state index in [0.29, 0.717) is 11.1 Å². The molecule has 1 heterocycles. The van der Waals surface area contributed by atoms with Gasteiger partial charge in [0, 0.05) is 0 Å². The maximum Gasteiger partial charge on any atom is 0.329 e. The van der Waals surface area contributed by atoms with Crippen molar-refractivity contribution in [2.24, 2.45) is 0 Å². The van der Waals surface area contributed by atoms with Gasteiger partial charge >= 0.3 is 5.97 Å². The molecule has 0 bridgehead atoms. The summed E-state index contributed by atoms with van der Waals surface area (Å²) in [6.07, 6.45) is 0. The Labute approximate surface area is 139 Å². The van der Waals surface area contributed by atoms with E-state index in [-0.39, 0.29) is 6.61 Å². The van der Waals surface area contributed by atoms with Gasteiger partial charge in [-0.3, -0.25) is 14.5 Å². The first kappa shape index (κ1) is 15.9. The summed E-state index contributed by atoms with van der Waals surface area (Å²) >= 11 is 0. The molecule has 0 saturated carbocycles. The number of imide groups is 1. The van der Waals surface area contributed by atoms with Gasteiger partial charge in [-0.05, 0) is 31.5 Å². The van der Waals surface area contributed by atoms with E-state index in [9.17, 15) is 14.4 Å². The van der Waals surface area contributed by atoms with Crippen LogP contribution < -0.4 is 0 Å². The van der Waals surface area contributed by atoms with E-state index in [2.05, 4.69) is 0 Å². The van der Waals surface area contributed by atoms with Crippen LogP contribution in [0.25, 0.3) is 0 Å². The van der Waals surface area contributed by atoms with Gasteiger partial charge in [0.2, 0.25) is 0 Å². The third-order valence-corrected chi connectivity index (χ3v) is 4.06. The van der Waals surface area contributed by atoms with Crippen molar-refractivity contribution in [3.8, 4) is 0 Å². The highest BCUT2D eigenvalue weighted by molar-refractivity contribution is 6.22. The molecule has 1 aliphatic heterocycles. The number of hydrogen-bond acceptors (Lipinski definition) is 4. The number of esters is 1. The lowest BCUT2D eigenvalue weighted by atomic mass is 10.1. The van der Waals surface area contributed by atoms with Crippen LogP contribution in [0.3, 0.4) is 0 Å². The topological polar surface area (TPSA) is 63.7 Å². The molecule has 5 nitrogen and oxygen atoms in total. The van der Waals surface area contributed by atoms with E-state index in [1.54, 1.807) is 24.3 Å². The lowest BCUT2D eigenvalue weighted by Crippen LogP contribution is -2.43. The molecule has 3 rings (SSSR count). The molecule has 0 aromatic heterocycles. The van der Waals surface area contributed by atoms with Crippen molar-refractivity contribution in [1.29, 1.82) is 0 Å². The summed E-state index contributed by atoms with van der Waals surface area (Å²) in [7, 11) is 0. The Bertz CT molecular complexity index is 775. The second-order valence-electron chi connectivity index (χ2n) is 5.80. The van der Waals surface area contributed by atoms with Crippen molar-refractivity contribution in [2.75, 3.05) is 0 Å². The zero-order chi connectivity index (χ0) is 17.3. The summed E-state index contributed by atoms with van der Waals surface area (Å²) < 4.78 is 5.25. The quantitative estimate of drug-likeness (QED) is 0.641. The van der Waals surface area contributed by atoms with E-state index < -0.39 is 23.8 Å². The van der Waals surface area contributed by atoms with Crippen LogP contribution in [0.2, 0.25) is 0 Å². The van der Waals surface area contributed by atoms with Crippen LogP contribution in [0, 0.1) is 6.92 Å². The third kappa shape index (κ3) is 2.80. The lowest BCUT2D eigenvalue weighted by molar-refractivity contribution is -0.149.